The molecule has 1 aromatic rings. The quantitative estimate of drug-likeness (QED) is 0.725. The molecule has 1 fully saturated rings. The smallest absolute Gasteiger partial charge is 0.254 e. The van der Waals surface area contributed by atoms with Crippen LogP contribution in [0.3, 0.4) is 0 Å². The van der Waals surface area contributed by atoms with Gasteiger partial charge in [-0.1, -0.05) is 0 Å². The lowest BCUT2D eigenvalue weighted by Crippen LogP contribution is -2.51. The number of nitrogens with two attached hydrogens (primary N) is 1. The van der Waals surface area contributed by atoms with Crippen molar-refractivity contribution in [2.45, 2.75) is 12.5 Å². The van der Waals surface area contributed by atoms with E-state index in [4.69, 9.17) is 19.9 Å². The van der Waals surface area contributed by atoms with Crippen LogP contribution >= 0.6 is 12.4 Å². The number of halogens is 1. The van der Waals surface area contributed by atoms with Gasteiger partial charge >= 0.3 is 0 Å². The Hall–Kier alpha value is -2.03. The maximum Gasteiger partial charge on any atom is 0.254 e. The molecule has 0 aliphatic carbocycles. The third-order valence-corrected chi connectivity index (χ3v) is 4.52. The number of nitrogens with zero attached hydrogens (tertiary/aromatic N) is 2. The number of carbonyl (C=O) groups is 2. The highest BCUT2D eigenvalue weighted by Gasteiger charge is 2.26. The van der Waals surface area contributed by atoms with Gasteiger partial charge in [0.2, 0.25) is 5.91 Å². The average molecular weight is 402 g/mol. The Morgan fingerprint density at radius 3 is 1.96 bits per heavy atom. The summed E-state index contributed by atoms with van der Waals surface area (Å²) in [6.45, 7) is 2.24. The lowest BCUT2D eigenvalue weighted by atomic mass is 10.1. The van der Waals surface area contributed by atoms with E-state index >= 15 is 0 Å². The van der Waals surface area contributed by atoms with Crippen molar-refractivity contribution < 1.29 is 23.8 Å². The van der Waals surface area contributed by atoms with Crippen LogP contribution in [-0.4, -0.2) is 81.8 Å². The van der Waals surface area contributed by atoms with Gasteiger partial charge in [0.15, 0.2) is 0 Å². The number of methoxy groups -OCH3 is 3. The number of carbonyl (C=O) groups excluding carboxylic acids is 2. The lowest BCUT2D eigenvalue weighted by molar-refractivity contribution is -0.135. The number of hydrogen-bond acceptors (Lipinski definition) is 6. The highest BCUT2D eigenvalue weighted by molar-refractivity contribution is 5.95. The SMILES string of the molecule is COc1cc(OC)cc(C(=O)N2CCN(C(=O)CC(CN)OC)CC2)c1.Cl. The molecule has 8 nitrogen and oxygen atoms in total. The summed E-state index contributed by atoms with van der Waals surface area (Å²) in [7, 11) is 4.63. The van der Waals surface area contributed by atoms with Crippen LogP contribution in [0, 0.1) is 0 Å². The van der Waals surface area contributed by atoms with E-state index in [-0.39, 0.29) is 36.7 Å². The summed E-state index contributed by atoms with van der Waals surface area (Å²) < 4.78 is 15.6. The summed E-state index contributed by atoms with van der Waals surface area (Å²) in [6, 6.07) is 5.09. The first-order valence-electron chi connectivity index (χ1n) is 8.55. The molecular weight excluding hydrogens is 374 g/mol. The van der Waals surface area contributed by atoms with Crippen LogP contribution in [-0.2, 0) is 9.53 Å². The van der Waals surface area contributed by atoms with E-state index in [1.54, 1.807) is 49.3 Å². The van der Waals surface area contributed by atoms with Crippen molar-refractivity contribution in [2.75, 3.05) is 54.1 Å². The molecule has 1 atom stereocenters. The summed E-state index contributed by atoms with van der Waals surface area (Å²) in [5, 5.41) is 0. The molecule has 9 heteroatoms. The molecule has 0 saturated carbocycles. The predicted molar refractivity (Wildman–Crippen MR) is 104 cm³/mol. The molecule has 2 N–H and O–H groups in total. The topological polar surface area (TPSA) is 94.3 Å². The van der Waals surface area contributed by atoms with E-state index in [1.165, 1.54) is 0 Å². The molecule has 27 heavy (non-hydrogen) atoms. The first-order valence-corrected chi connectivity index (χ1v) is 8.55. The first-order chi connectivity index (χ1) is 12.5. The van der Waals surface area contributed by atoms with Crippen LogP contribution in [0.1, 0.15) is 16.8 Å². The third-order valence-electron chi connectivity index (χ3n) is 4.52. The molecule has 0 spiro atoms. The molecule has 1 aliphatic heterocycles. The van der Waals surface area contributed by atoms with Gasteiger partial charge in [-0.15, -0.1) is 12.4 Å². The van der Waals surface area contributed by atoms with E-state index in [2.05, 4.69) is 0 Å². The monoisotopic (exact) mass is 401 g/mol. The van der Waals surface area contributed by atoms with E-state index in [0.29, 0.717) is 49.8 Å². The second kappa shape index (κ2) is 11.0. The van der Waals surface area contributed by atoms with Crippen LogP contribution in [0.4, 0.5) is 0 Å². The maximum absolute atomic E-state index is 12.8. The summed E-state index contributed by atoms with van der Waals surface area (Å²) >= 11 is 0. The van der Waals surface area contributed by atoms with Crippen molar-refractivity contribution in [1.82, 2.24) is 9.80 Å². The van der Waals surface area contributed by atoms with Gasteiger partial charge in [0.25, 0.3) is 5.91 Å². The van der Waals surface area contributed by atoms with Crippen molar-refractivity contribution in [3.8, 4) is 11.5 Å². The first kappa shape index (κ1) is 23.0. The standard InChI is InChI=1S/C18H27N3O5.ClH/c1-24-14-8-13(9-15(10-14)25-2)18(23)21-6-4-20(5-7-21)17(22)11-16(12-19)26-3;/h8-10,16H,4-7,11-12,19H2,1-3H3;1H. The Morgan fingerprint density at radius 1 is 1.00 bits per heavy atom. The zero-order valence-corrected chi connectivity index (χ0v) is 16.8. The minimum atomic E-state index is -0.272. The van der Waals surface area contributed by atoms with Gasteiger partial charge < -0.3 is 29.7 Å². The van der Waals surface area contributed by atoms with Gasteiger partial charge in [0.05, 0.1) is 26.7 Å². The fraction of sp³-hybridized carbons (Fsp3) is 0.556. The van der Waals surface area contributed by atoms with Crippen molar-refractivity contribution in [2.24, 2.45) is 5.73 Å². The van der Waals surface area contributed by atoms with Crippen LogP contribution in [0.5, 0.6) is 11.5 Å². The summed E-state index contributed by atoms with van der Waals surface area (Å²) in [4.78, 5) is 28.5. The Balaban J connectivity index is 0.00000364. The fourth-order valence-electron chi connectivity index (χ4n) is 2.86. The molecular formula is C18H28ClN3O5. The second-order valence-electron chi connectivity index (χ2n) is 6.07. The lowest BCUT2D eigenvalue weighted by Gasteiger charge is -2.35. The maximum atomic E-state index is 12.8. The molecule has 1 heterocycles. The fourth-order valence-corrected chi connectivity index (χ4v) is 2.86. The molecule has 0 aromatic heterocycles. The molecule has 2 amide bonds. The van der Waals surface area contributed by atoms with Crippen LogP contribution in [0.2, 0.25) is 0 Å². The number of rotatable bonds is 7. The van der Waals surface area contributed by atoms with Crippen LogP contribution < -0.4 is 15.2 Å². The van der Waals surface area contributed by atoms with Crippen molar-refractivity contribution in [3.05, 3.63) is 23.8 Å². The van der Waals surface area contributed by atoms with E-state index in [0.717, 1.165) is 0 Å². The van der Waals surface area contributed by atoms with Gasteiger partial charge in [-0.2, -0.15) is 0 Å². The van der Waals surface area contributed by atoms with Crippen molar-refractivity contribution >= 4 is 24.2 Å². The van der Waals surface area contributed by atoms with Crippen molar-refractivity contribution in [1.29, 1.82) is 0 Å². The number of hydrogen-bond donors (Lipinski definition) is 1. The largest absolute Gasteiger partial charge is 0.497 e. The summed E-state index contributed by atoms with van der Waals surface area (Å²) in [6.07, 6.45) is -0.0139. The highest BCUT2D eigenvalue weighted by Crippen LogP contribution is 2.23. The number of amides is 2. The Kier molecular flexibility index (Phi) is 9.34. The van der Waals surface area contributed by atoms with Gasteiger partial charge in [-0.3, -0.25) is 9.59 Å². The van der Waals surface area contributed by atoms with Crippen LogP contribution in [0.15, 0.2) is 18.2 Å². The third kappa shape index (κ3) is 5.98. The molecule has 1 saturated heterocycles. The highest BCUT2D eigenvalue weighted by atomic mass is 35.5. The molecule has 152 valence electrons. The zero-order valence-electron chi connectivity index (χ0n) is 16.0. The van der Waals surface area contributed by atoms with Crippen LogP contribution in [0.25, 0.3) is 0 Å². The van der Waals surface area contributed by atoms with Gasteiger partial charge in [-0.05, 0) is 12.1 Å². The minimum Gasteiger partial charge on any atom is -0.497 e. The van der Waals surface area contributed by atoms with Gasteiger partial charge in [-0.25, -0.2) is 0 Å². The normalized spacial score (nSPS) is 15.0. The minimum absolute atomic E-state index is 0. The molecule has 0 radical (unpaired) electrons. The molecule has 1 aromatic carbocycles. The number of benzene rings is 1. The molecule has 1 aliphatic rings. The Bertz CT molecular complexity index is 609. The second-order valence-corrected chi connectivity index (χ2v) is 6.07. The Labute approximate surface area is 165 Å². The van der Waals surface area contributed by atoms with E-state index in [1.807, 2.05) is 0 Å². The zero-order chi connectivity index (χ0) is 19.1. The van der Waals surface area contributed by atoms with Gasteiger partial charge in [0, 0.05) is 51.5 Å². The van der Waals surface area contributed by atoms with Gasteiger partial charge in [0.1, 0.15) is 11.5 Å². The number of ether oxygens (including phenoxy) is 3. The molecule has 2 rings (SSSR count). The van der Waals surface area contributed by atoms with Crippen molar-refractivity contribution in [3.63, 3.8) is 0 Å². The average Bonchev–Trinajstić information content (AvgIpc) is 2.70. The molecule has 1 unspecified atom stereocenters. The van der Waals surface area contributed by atoms with E-state index < -0.39 is 0 Å². The number of piperazine rings is 1. The predicted octanol–water partition coefficient (Wildman–Crippen LogP) is 0.774. The van der Waals surface area contributed by atoms with E-state index in [9.17, 15) is 9.59 Å². The molecule has 0 bridgehead atoms. The summed E-state index contributed by atoms with van der Waals surface area (Å²) in [5.74, 6) is 1.02. The summed E-state index contributed by atoms with van der Waals surface area (Å²) in [5.41, 5.74) is 6.07. The Morgan fingerprint density at radius 2 is 1.52 bits per heavy atom.